The number of Topliss-reactive ketones (excluding diaryl/α,β-unsaturated/α-hetero) is 1. The summed E-state index contributed by atoms with van der Waals surface area (Å²) in [6.07, 6.45) is 13.3. The summed E-state index contributed by atoms with van der Waals surface area (Å²) in [6, 6.07) is 5.27. The van der Waals surface area contributed by atoms with Gasteiger partial charge in [0.1, 0.15) is 18.5 Å². The summed E-state index contributed by atoms with van der Waals surface area (Å²) in [5.74, 6) is 0.0539. The first-order valence-electron chi connectivity index (χ1n) is 24.7. The maximum Gasteiger partial charge on any atom is 0.309 e. The second kappa shape index (κ2) is 16.8. The summed E-state index contributed by atoms with van der Waals surface area (Å²) in [5, 5.41) is 13.5. The number of rotatable bonds is 12. The first-order valence-corrected chi connectivity index (χ1v) is 25.1. The van der Waals surface area contributed by atoms with Crippen LogP contribution in [-0.4, -0.2) is 72.5 Å². The summed E-state index contributed by atoms with van der Waals surface area (Å²) in [7, 11) is 0. The van der Waals surface area contributed by atoms with Gasteiger partial charge in [-0.25, -0.2) is 0 Å². The molecular weight excluding hydrogens is 812 g/mol. The largest absolute Gasteiger partial charge is 0.491 e. The molecule has 10 atom stereocenters. The van der Waals surface area contributed by atoms with E-state index >= 15 is 0 Å². The Hall–Kier alpha value is -2.91. The third-order valence-electron chi connectivity index (χ3n) is 19.8. The van der Waals surface area contributed by atoms with E-state index in [0.717, 1.165) is 83.0 Å². The summed E-state index contributed by atoms with van der Waals surface area (Å²) < 4.78 is 12.7. The lowest BCUT2D eigenvalue weighted by atomic mass is 9.33. The Bertz CT molecular complexity index is 2020. The SMILES string of the molecule is CC(C)C1=C2[C@H]3CC[C@@H]4[C@@]5(C)CC[C@H](OC(=O)[C@H]6C[C@@H](C(=O)O)C6(C)C)C(C)(C)[C@@H]5CC[C@@]4(C)[C@]3(C)CC[C@@]2(CCNC(=O)c2ccc(Cl)cc2OCCN2CCCCC2)CC1=O. The Morgan fingerprint density at radius 2 is 1.60 bits per heavy atom. The van der Waals surface area contributed by atoms with Gasteiger partial charge in [-0.05, 0) is 159 Å². The van der Waals surface area contributed by atoms with Gasteiger partial charge >= 0.3 is 11.9 Å². The van der Waals surface area contributed by atoms with Crippen molar-refractivity contribution in [2.45, 2.75) is 158 Å². The van der Waals surface area contributed by atoms with Gasteiger partial charge in [-0.3, -0.25) is 24.1 Å². The molecule has 10 heteroatoms. The van der Waals surface area contributed by atoms with E-state index in [2.05, 4.69) is 58.7 Å². The average Bonchev–Trinajstić information content (AvgIpc) is 3.51. The van der Waals surface area contributed by atoms with Crippen LogP contribution in [0.15, 0.2) is 29.3 Å². The van der Waals surface area contributed by atoms with Crippen LogP contribution >= 0.6 is 11.6 Å². The zero-order valence-corrected chi connectivity index (χ0v) is 40.7. The van der Waals surface area contributed by atoms with Gasteiger partial charge in [0.15, 0.2) is 5.78 Å². The third-order valence-corrected chi connectivity index (χ3v) is 20.0. The first-order chi connectivity index (χ1) is 29.6. The molecule has 5 saturated carbocycles. The van der Waals surface area contributed by atoms with Gasteiger partial charge in [-0.1, -0.05) is 85.9 Å². The van der Waals surface area contributed by atoms with Gasteiger partial charge < -0.3 is 19.9 Å². The topological polar surface area (TPSA) is 122 Å². The maximum absolute atomic E-state index is 14.3. The number of esters is 1. The molecule has 7 aliphatic rings. The Morgan fingerprint density at radius 3 is 2.29 bits per heavy atom. The molecule has 1 aromatic carbocycles. The van der Waals surface area contributed by atoms with E-state index < -0.39 is 17.3 Å². The smallest absolute Gasteiger partial charge is 0.309 e. The number of ketones is 1. The number of amides is 1. The van der Waals surface area contributed by atoms with Gasteiger partial charge in [0.05, 0.1) is 17.4 Å². The van der Waals surface area contributed by atoms with Crippen LogP contribution in [0, 0.1) is 68.0 Å². The highest BCUT2D eigenvalue weighted by molar-refractivity contribution is 6.30. The Balaban J connectivity index is 0.976. The number of piperidine rings is 1. The van der Waals surface area contributed by atoms with Crippen LogP contribution in [0.2, 0.25) is 5.02 Å². The second-order valence-electron chi connectivity index (χ2n) is 23.7. The van der Waals surface area contributed by atoms with Crippen molar-refractivity contribution >= 4 is 35.2 Å². The fourth-order valence-corrected chi connectivity index (χ4v) is 16.1. The van der Waals surface area contributed by atoms with Gasteiger partial charge in [0, 0.05) is 35.4 Å². The molecule has 63 heavy (non-hydrogen) atoms. The van der Waals surface area contributed by atoms with Crippen LogP contribution in [0.5, 0.6) is 5.75 Å². The van der Waals surface area contributed by atoms with Crippen molar-refractivity contribution in [3.8, 4) is 5.75 Å². The fourth-order valence-electron chi connectivity index (χ4n) is 16.0. The molecule has 1 aliphatic heterocycles. The number of hydrogen-bond donors (Lipinski definition) is 2. The number of aliphatic carboxylic acids is 1. The standard InChI is InChI=1S/C53H77ClN2O7/c1-32(2)43-38(57)31-53(23-24-55-45(58)34-14-13-33(54)29-39(34)62-28-27-56-25-11-10-12-26-56)22-21-51(8)35(44(43)53)15-16-41-50(7)19-18-42(49(5,6)40(50)17-20-52(41,51)9)63-47(61)37-30-36(46(59)60)48(37,3)4/h13-14,29,32,35-37,40-42H,10-12,15-28,30-31H2,1-9H3,(H,55,58)(H,59,60)/t35-,36+,37-,40+,41-,42+,50+,51-,52-,53-/m1/s1. The molecule has 0 spiro atoms. The molecule has 6 fully saturated rings. The summed E-state index contributed by atoms with van der Waals surface area (Å²) in [5.41, 5.74) is 2.07. The molecule has 348 valence electrons. The quantitative estimate of drug-likeness (QED) is 0.199. The second-order valence-corrected chi connectivity index (χ2v) is 24.1. The normalized spacial score (nSPS) is 38.1. The highest BCUT2D eigenvalue weighted by Gasteiger charge is 2.70. The van der Waals surface area contributed by atoms with Gasteiger partial charge in [-0.2, -0.15) is 0 Å². The molecule has 1 heterocycles. The third kappa shape index (κ3) is 7.61. The number of benzene rings is 1. The number of allylic oxidation sites excluding steroid dienone is 2. The minimum atomic E-state index is -0.830. The van der Waals surface area contributed by atoms with E-state index in [0.29, 0.717) is 65.9 Å². The lowest BCUT2D eigenvalue weighted by Crippen LogP contribution is -2.66. The molecule has 0 aromatic heterocycles. The van der Waals surface area contributed by atoms with Crippen molar-refractivity contribution in [1.29, 1.82) is 0 Å². The Labute approximate surface area is 382 Å². The van der Waals surface area contributed by atoms with E-state index in [4.69, 9.17) is 21.1 Å². The molecule has 0 radical (unpaired) electrons. The molecule has 0 unspecified atom stereocenters. The number of carboxylic acids is 1. The minimum Gasteiger partial charge on any atom is -0.491 e. The molecule has 9 nitrogen and oxygen atoms in total. The number of ether oxygens (including phenoxy) is 2. The van der Waals surface area contributed by atoms with Crippen LogP contribution in [0.1, 0.15) is 163 Å². The number of fused-ring (bicyclic) bond motifs is 7. The molecule has 1 saturated heterocycles. The number of carbonyl (C=O) groups excluding carboxylic acids is 3. The van der Waals surface area contributed by atoms with Crippen molar-refractivity contribution in [3.05, 3.63) is 39.9 Å². The Kier molecular flexibility index (Phi) is 12.4. The molecular formula is C53H77ClN2O7. The average molecular weight is 890 g/mol. The van der Waals surface area contributed by atoms with E-state index in [1.54, 1.807) is 18.2 Å². The van der Waals surface area contributed by atoms with Crippen molar-refractivity contribution in [1.82, 2.24) is 10.2 Å². The molecule has 8 rings (SSSR count). The Morgan fingerprint density at radius 1 is 0.873 bits per heavy atom. The number of halogens is 1. The number of carboxylic acid groups (broad SMARTS) is 1. The summed E-state index contributed by atoms with van der Waals surface area (Å²) >= 11 is 6.41. The predicted octanol–water partition coefficient (Wildman–Crippen LogP) is 11.0. The van der Waals surface area contributed by atoms with Crippen molar-refractivity contribution in [2.75, 3.05) is 32.8 Å². The number of carbonyl (C=O) groups is 4. The van der Waals surface area contributed by atoms with Crippen LogP contribution in [0.4, 0.5) is 0 Å². The van der Waals surface area contributed by atoms with Crippen molar-refractivity contribution in [3.63, 3.8) is 0 Å². The molecule has 1 aromatic rings. The summed E-state index contributed by atoms with van der Waals surface area (Å²) in [6.45, 7) is 24.5. The lowest BCUT2D eigenvalue weighted by Gasteiger charge is -2.72. The number of likely N-dealkylation sites (tertiary alicyclic amines) is 1. The number of nitrogens with one attached hydrogen (secondary N) is 1. The van der Waals surface area contributed by atoms with Gasteiger partial charge in [-0.15, -0.1) is 0 Å². The van der Waals surface area contributed by atoms with E-state index in [1.807, 2.05) is 13.8 Å². The lowest BCUT2D eigenvalue weighted by molar-refractivity contribution is -0.236. The number of hydrogen-bond acceptors (Lipinski definition) is 7. The molecule has 0 bridgehead atoms. The highest BCUT2D eigenvalue weighted by Crippen LogP contribution is 2.77. The highest BCUT2D eigenvalue weighted by atomic mass is 35.5. The maximum atomic E-state index is 14.3. The van der Waals surface area contributed by atoms with E-state index in [9.17, 15) is 24.3 Å². The molecule has 1 amide bonds. The predicted molar refractivity (Wildman–Crippen MR) is 247 cm³/mol. The monoisotopic (exact) mass is 889 g/mol. The minimum absolute atomic E-state index is 0.0183. The van der Waals surface area contributed by atoms with Crippen LogP contribution in [-0.2, 0) is 19.1 Å². The van der Waals surface area contributed by atoms with Crippen molar-refractivity contribution < 1.29 is 33.8 Å². The first kappa shape index (κ1) is 46.6. The zero-order valence-electron chi connectivity index (χ0n) is 39.9. The van der Waals surface area contributed by atoms with E-state index in [-0.39, 0.29) is 56.9 Å². The molecule has 2 N–H and O–H groups in total. The van der Waals surface area contributed by atoms with Crippen LogP contribution < -0.4 is 10.1 Å². The summed E-state index contributed by atoms with van der Waals surface area (Å²) in [4.78, 5) is 56.1. The molecule has 6 aliphatic carbocycles. The van der Waals surface area contributed by atoms with Gasteiger partial charge in [0.25, 0.3) is 5.91 Å². The number of nitrogens with zero attached hydrogens (tertiary/aromatic N) is 1. The van der Waals surface area contributed by atoms with E-state index in [1.165, 1.54) is 24.8 Å². The van der Waals surface area contributed by atoms with Crippen LogP contribution in [0.25, 0.3) is 0 Å². The van der Waals surface area contributed by atoms with Gasteiger partial charge in [0.2, 0.25) is 0 Å². The van der Waals surface area contributed by atoms with Crippen molar-refractivity contribution in [2.24, 2.45) is 68.0 Å². The van der Waals surface area contributed by atoms with Crippen LogP contribution in [0.3, 0.4) is 0 Å². The fraction of sp³-hybridized carbons (Fsp3) is 0.774. The zero-order chi connectivity index (χ0) is 45.5.